The van der Waals surface area contributed by atoms with Gasteiger partial charge in [0.05, 0.1) is 27.5 Å². The van der Waals surface area contributed by atoms with Gasteiger partial charge in [-0.2, -0.15) is 0 Å². The van der Waals surface area contributed by atoms with E-state index in [1.165, 1.54) is 47.9 Å². The smallest absolute Gasteiger partial charge is 0.179 e. The van der Waals surface area contributed by atoms with Gasteiger partial charge in [-0.05, 0) is 81.4 Å². The molecule has 0 aliphatic heterocycles. The molecular weight excluding hydrogens is 721 g/mol. The maximum absolute atomic E-state index is 6.60. The van der Waals surface area contributed by atoms with Crippen molar-refractivity contribution in [1.82, 2.24) is 9.13 Å². The zero-order valence-electron chi connectivity index (χ0n) is 31.6. The highest BCUT2D eigenvalue weighted by Crippen LogP contribution is 2.40. The number of fused-ring (bicyclic) bond motifs is 10. The lowest BCUT2D eigenvalue weighted by atomic mass is 10.1. The van der Waals surface area contributed by atoms with Gasteiger partial charge in [-0.1, -0.05) is 158 Å². The Labute approximate surface area is 336 Å². The second kappa shape index (κ2) is 12.8. The molecule has 0 bridgehead atoms. The maximum atomic E-state index is 6.60. The SMILES string of the molecule is c1ccc([Si](c2ccccc2)(c2ccc(-n3c4ccccc4c4ccccc43)cc2)c2ccc(-n3c4ccccc4c4c5oc6ccccc6c5ccc43)cc2)cc1. The third-order valence-electron chi connectivity index (χ3n) is 12.3. The van der Waals surface area contributed by atoms with Gasteiger partial charge in [0.25, 0.3) is 0 Å². The monoisotopic (exact) mass is 756 g/mol. The molecule has 4 heteroatoms. The Kier molecular flexibility index (Phi) is 7.25. The fourth-order valence-electron chi connectivity index (χ4n) is 9.81. The summed E-state index contributed by atoms with van der Waals surface area (Å²) < 4.78 is 11.4. The zero-order valence-corrected chi connectivity index (χ0v) is 32.6. The molecule has 3 nitrogen and oxygen atoms in total. The van der Waals surface area contributed by atoms with Gasteiger partial charge in [0, 0.05) is 38.3 Å². The van der Waals surface area contributed by atoms with Crippen LogP contribution in [0, 0.1) is 0 Å². The second-order valence-electron chi connectivity index (χ2n) is 15.2. The van der Waals surface area contributed by atoms with Crippen LogP contribution in [0.4, 0.5) is 0 Å². The van der Waals surface area contributed by atoms with E-state index in [-0.39, 0.29) is 0 Å². The number of rotatable bonds is 6. The van der Waals surface area contributed by atoms with Crippen LogP contribution in [0.5, 0.6) is 0 Å². The number of aromatic nitrogens is 2. The van der Waals surface area contributed by atoms with Crippen molar-refractivity contribution in [2.45, 2.75) is 0 Å². The summed E-state index contributed by atoms with van der Waals surface area (Å²) in [6.45, 7) is 0. The van der Waals surface area contributed by atoms with E-state index in [1.54, 1.807) is 0 Å². The van der Waals surface area contributed by atoms with Crippen molar-refractivity contribution in [2.24, 2.45) is 0 Å². The van der Waals surface area contributed by atoms with Gasteiger partial charge in [-0.25, -0.2) is 0 Å². The number of furan rings is 1. The number of hydrogen-bond donors (Lipinski definition) is 0. The highest BCUT2D eigenvalue weighted by Gasteiger charge is 2.41. The first-order valence-electron chi connectivity index (χ1n) is 19.9. The molecule has 0 spiro atoms. The van der Waals surface area contributed by atoms with Crippen LogP contribution in [0.2, 0.25) is 0 Å². The predicted molar refractivity (Wildman–Crippen MR) is 246 cm³/mol. The lowest BCUT2D eigenvalue weighted by molar-refractivity contribution is 0.673. The molecule has 12 rings (SSSR count). The first-order valence-corrected chi connectivity index (χ1v) is 21.9. The normalized spacial score (nSPS) is 12.1. The summed E-state index contributed by atoms with van der Waals surface area (Å²) >= 11 is 0. The molecule has 0 amide bonds. The average molecular weight is 757 g/mol. The van der Waals surface area contributed by atoms with Crippen LogP contribution in [0.3, 0.4) is 0 Å². The average Bonchev–Trinajstić information content (AvgIpc) is 3.96. The molecule has 3 heterocycles. The van der Waals surface area contributed by atoms with Gasteiger partial charge in [0.2, 0.25) is 0 Å². The number of para-hydroxylation sites is 4. The zero-order chi connectivity index (χ0) is 38.2. The largest absolute Gasteiger partial charge is 0.455 e. The Bertz CT molecular complexity index is 3390. The maximum Gasteiger partial charge on any atom is 0.179 e. The minimum Gasteiger partial charge on any atom is -0.455 e. The minimum atomic E-state index is -2.82. The van der Waals surface area contributed by atoms with E-state index in [2.05, 4.69) is 221 Å². The molecule has 12 aromatic rings. The highest BCUT2D eigenvalue weighted by molar-refractivity contribution is 7.19. The summed E-state index contributed by atoms with van der Waals surface area (Å²) in [5.74, 6) is 0. The fourth-order valence-corrected chi connectivity index (χ4v) is 14.5. The van der Waals surface area contributed by atoms with Gasteiger partial charge >= 0.3 is 0 Å². The molecule has 0 fully saturated rings. The van der Waals surface area contributed by atoms with E-state index in [0.717, 1.165) is 49.7 Å². The second-order valence-corrected chi connectivity index (χ2v) is 19.0. The van der Waals surface area contributed by atoms with Gasteiger partial charge in [0.15, 0.2) is 8.07 Å². The Hall–Kier alpha value is -7.40. The van der Waals surface area contributed by atoms with E-state index in [9.17, 15) is 0 Å². The molecule has 0 atom stereocenters. The molecule has 0 saturated carbocycles. The van der Waals surface area contributed by atoms with Crippen LogP contribution in [0.1, 0.15) is 0 Å². The van der Waals surface area contributed by atoms with E-state index < -0.39 is 8.07 Å². The first kappa shape index (κ1) is 32.8. The van der Waals surface area contributed by atoms with Crippen molar-refractivity contribution in [2.75, 3.05) is 0 Å². The molecule has 0 aliphatic carbocycles. The summed E-state index contributed by atoms with van der Waals surface area (Å²) in [6.07, 6.45) is 0. The lowest BCUT2D eigenvalue weighted by Crippen LogP contribution is -2.74. The van der Waals surface area contributed by atoms with Crippen LogP contribution in [0.25, 0.3) is 76.9 Å². The van der Waals surface area contributed by atoms with Crippen molar-refractivity contribution in [3.05, 3.63) is 218 Å². The molecule has 0 aliphatic rings. The Morgan fingerprint density at radius 3 is 1.26 bits per heavy atom. The molecule has 272 valence electrons. The van der Waals surface area contributed by atoms with E-state index in [4.69, 9.17) is 4.42 Å². The highest BCUT2D eigenvalue weighted by atomic mass is 28.3. The van der Waals surface area contributed by atoms with Crippen molar-refractivity contribution in [3.8, 4) is 11.4 Å². The van der Waals surface area contributed by atoms with Crippen LogP contribution < -0.4 is 20.7 Å². The Morgan fingerprint density at radius 1 is 0.293 bits per heavy atom. The summed E-state index contributed by atoms with van der Waals surface area (Å²) in [5.41, 5.74) is 8.86. The molecule has 0 N–H and O–H groups in total. The van der Waals surface area contributed by atoms with Crippen molar-refractivity contribution in [3.63, 3.8) is 0 Å². The Balaban J connectivity index is 1.06. The molecule has 0 radical (unpaired) electrons. The third kappa shape index (κ3) is 4.67. The topological polar surface area (TPSA) is 23.0 Å². The van der Waals surface area contributed by atoms with Gasteiger partial charge in [-0.15, -0.1) is 0 Å². The minimum absolute atomic E-state index is 0.914. The van der Waals surface area contributed by atoms with Crippen LogP contribution >= 0.6 is 0 Å². The van der Waals surface area contributed by atoms with Crippen LogP contribution in [-0.2, 0) is 0 Å². The third-order valence-corrected chi connectivity index (χ3v) is 17.1. The van der Waals surface area contributed by atoms with Crippen LogP contribution in [-0.4, -0.2) is 17.2 Å². The molecule has 0 saturated heterocycles. The van der Waals surface area contributed by atoms with Crippen LogP contribution in [0.15, 0.2) is 223 Å². The van der Waals surface area contributed by atoms with Gasteiger partial charge < -0.3 is 13.6 Å². The summed E-state index contributed by atoms with van der Waals surface area (Å²) in [7, 11) is -2.82. The van der Waals surface area contributed by atoms with E-state index >= 15 is 0 Å². The summed E-state index contributed by atoms with van der Waals surface area (Å²) in [6, 6.07) is 80.2. The fraction of sp³-hybridized carbons (Fsp3) is 0. The lowest BCUT2D eigenvalue weighted by Gasteiger charge is -2.34. The van der Waals surface area contributed by atoms with Gasteiger partial charge in [0.1, 0.15) is 11.2 Å². The van der Waals surface area contributed by atoms with Crippen molar-refractivity contribution >= 4 is 94.4 Å². The molecular formula is C54H36N2OSi. The molecule has 9 aromatic carbocycles. The predicted octanol–water partition coefficient (Wildman–Crippen LogP) is 11.2. The number of hydrogen-bond acceptors (Lipinski definition) is 1. The van der Waals surface area contributed by atoms with E-state index in [0.29, 0.717) is 0 Å². The summed E-state index contributed by atoms with van der Waals surface area (Å²) in [4.78, 5) is 0. The molecule has 58 heavy (non-hydrogen) atoms. The Morgan fingerprint density at radius 2 is 0.707 bits per heavy atom. The standard InChI is InChI=1S/C54H36N2OSi/c1-3-15-39(16-4-1)58(40-17-5-2-6-18-40,41-31-27-37(28-32-41)55-48-23-11-7-19-43(48)44-20-8-12-24-49(44)55)42-33-29-38(30-34-42)56-50-25-13-9-22-47(50)53-51(56)36-35-46-45-21-10-14-26-52(45)57-54(46)53/h1-36H. The van der Waals surface area contributed by atoms with Crippen molar-refractivity contribution in [1.29, 1.82) is 0 Å². The number of nitrogens with zero attached hydrogens (tertiary/aromatic N) is 2. The van der Waals surface area contributed by atoms with E-state index in [1.807, 2.05) is 6.07 Å². The quantitative estimate of drug-likeness (QED) is 0.122. The van der Waals surface area contributed by atoms with Gasteiger partial charge in [-0.3, -0.25) is 0 Å². The number of benzene rings is 9. The first-order chi connectivity index (χ1) is 28.8. The van der Waals surface area contributed by atoms with Crippen molar-refractivity contribution < 1.29 is 4.42 Å². The molecule has 3 aromatic heterocycles. The molecule has 0 unspecified atom stereocenters. The summed E-state index contributed by atoms with van der Waals surface area (Å²) in [5, 5.41) is 12.5.